The third-order valence-electron chi connectivity index (χ3n) is 5.83. The zero-order chi connectivity index (χ0) is 23.7. The summed E-state index contributed by atoms with van der Waals surface area (Å²) >= 11 is 7.58. The molecule has 1 aromatic heterocycles. The summed E-state index contributed by atoms with van der Waals surface area (Å²) in [6, 6.07) is 13.7. The minimum atomic E-state index is -0.393. The first-order valence-corrected chi connectivity index (χ1v) is 11.8. The summed E-state index contributed by atoms with van der Waals surface area (Å²) in [5, 5.41) is 12.2. The predicted octanol–water partition coefficient (Wildman–Crippen LogP) is 3.92. The molecule has 3 aromatic rings. The summed E-state index contributed by atoms with van der Waals surface area (Å²) in [7, 11) is 0. The van der Waals surface area contributed by atoms with Crippen LogP contribution in [0.25, 0.3) is 28.2 Å². The van der Waals surface area contributed by atoms with Gasteiger partial charge in [-0.25, -0.2) is 9.97 Å². The lowest BCUT2D eigenvalue weighted by atomic mass is 10.0. The van der Waals surface area contributed by atoms with E-state index < -0.39 is 5.91 Å². The molecule has 1 N–H and O–H groups in total. The molecule has 2 fully saturated rings. The molecule has 0 bridgehead atoms. The molecule has 3 heterocycles. The Morgan fingerprint density at radius 2 is 1.94 bits per heavy atom. The summed E-state index contributed by atoms with van der Waals surface area (Å²) < 4.78 is 0. The number of halogens is 1. The van der Waals surface area contributed by atoms with E-state index in [1.807, 2.05) is 36.4 Å². The molecule has 0 atom stereocenters. The number of fused-ring (bicyclic) bond motifs is 1. The Hall–Kier alpha value is -3.45. The topological polar surface area (TPSA) is 102 Å². The van der Waals surface area contributed by atoms with Crippen LogP contribution in [0.2, 0.25) is 5.02 Å². The van der Waals surface area contributed by atoms with Gasteiger partial charge in [-0.05, 0) is 47.7 Å². The van der Waals surface area contributed by atoms with Gasteiger partial charge in [-0.15, -0.1) is 0 Å². The van der Waals surface area contributed by atoms with E-state index in [1.165, 1.54) is 6.33 Å². The van der Waals surface area contributed by atoms with E-state index in [9.17, 15) is 9.59 Å². The molecule has 34 heavy (non-hydrogen) atoms. The van der Waals surface area contributed by atoms with Gasteiger partial charge in [0.05, 0.1) is 39.4 Å². The molecule has 2 aliphatic rings. The van der Waals surface area contributed by atoms with Gasteiger partial charge in [0.15, 0.2) is 0 Å². The highest BCUT2D eigenvalue weighted by atomic mass is 35.5. The van der Waals surface area contributed by atoms with Crippen LogP contribution in [0.3, 0.4) is 0 Å². The van der Waals surface area contributed by atoms with Crippen LogP contribution in [0.1, 0.15) is 5.56 Å². The number of amides is 2. The van der Waals surface area contributed by atoms with Crippen molar-refractivity contribution in [2.24, 2.45) is 0 Å². The molecule has 10 heteroatoms. The Bertz CT molecular complexity index is 1380. The van der Waals surface area contributed by atoms with Crippen molar-refractivity contribution in [2.75, 3.05) is 37.6 Å². The maximum absolute atomic E-state index is 11.9. The number of carbonyl (C=O) groups excluding carboxylic acids is 2. The number of anilines is 1. The standard InChI is InChI=1S/C24H19ClN6O2S/c25-18-13-16(2-4-20(18)31-9-7-30(6-5-26)8-10-31)22-17-11-15(1-3-19(17)27-14-28-22)12-21-23(32)29-24(33)34-21/h1-4,11-14H,6-10H2,(H,29,32,33). The SMILES string of the molecule is N#CCN1CCN(c2ccc(-c3ncnc4ccc(C=C5SC(=O)NC5=O)cc34)cc2Cl)CC1. The van der Waals surface area contributed by atoms with Gasteiger partial charge in [0.25, 0.3) is 11.1 Å². The van der Waals surface area contributed by atoms with Crippen LogP contribution in [0.5, 0.6) is 0 Å². The first-order chi connectivity index (χ1) is 16.5. The Kier molecular flexibility index (Phi) is 6.20. The van der Waals surface area contributed by atoms with Gasteiger partial charge in [0.1, 0.15) is 6.33 Å². The normalized spacial score (nSPS) is 17.9. The third-order valence-corrected chi connectivity index (χ3v) is 6.94. The summed E-state index contributed by atoms with van der Waals surface area (Å²) in [6.45, 7) is 3.71. The Morgan fingerprint density at radius 3 is 2.65 bits per heavy atom. The number of hydrogen-bond acceptors (Lipinski definition) is 8. The van der Waals surface area contributed by atoms with Crippen molar-refractivity contribution < 1.29 is 9.59 Å². The smallest absolute Gasteiger partial charge is 0.290 e. The van der Waals surface area contributed by atoms with E-state index in [0.717, 1.165) is 71.4 Å². The first kappa shape index (κ1) is 22.3. The van der Waals surface area contributed by atoms with Crippen LogP contribution in [-0.2, 0) is 4.79 Å². The lowest BCUT2D eigenvalue weighted by Crippen LogP contribution is -2.46. The molecular weight excluding hydrogens is 472 g/mol. The van der Waals surface area contributed by atoms with Crippen molar-refractivity contribution in [3.05, 3.63) is 58.2 Å². The molecule has 5 rings (SSSR count). The number of nitriles is 1. The highest BCUT2D eigenvalue weighted by Gasteiger charge is 2.25. The number of nitrogens with zero attached hydrogens (tertiary/aromatic N) is 5. The van der Waals surface area contributed by atoms with Crippen molar-refractivity contribution in [1.29, 1.82) is 5.26 Å². The average Bonchev–Trinajstić information content (AvgIpc) is 3.15. The molecule has 0 radical (unpaired) electrons. The predicted molar refractivity (Wildman–Crippen MR) is 133 cm³/mol. The zero-order valence-corrected chi connectivity index (χ0v) is 19.6. The monoisotopic (exact) mass is 490 g/mol. The minimum absolute atomic E-state index is 0.352. The van der Waals surface area contributed by atoms with Crippen molar-refractivity contribution >= 4 is 57.2 Å². The second-order valence-corrected chi connectivity index (χ2v) is 9.36. The zero-order valence-electron chi connectivity index (χ0n) is 18.0. The van der Waals surface area contributed by atoms with E-state index in [1.54, 1.807) is 6.08 Å². The fourth-order valence-electron chi connectivity index (χ4n) is 4.12. The number of aromatic nitrogens is 2. The fourth-order valence-corrected chi connectivity index (χ4v) is 5.11. The van der Waals surface area contributed by atoms with E-state index in [0.29, 0.717) is 16.5 Å². The molecular formula is C24H19ClN6O2S. The number of carbonyl (C=O) groups is 2. The molecule has 2 saturated heterocycles. The maximum Gasteiger partial charge on any atom is 0.290 e. The van der Waals surface area contributed by atoms with Crippen molar-refractivity contribution in [2.45, 2.75) is 0 Å². The Labute approximate surface area is 205 Å². The number of imide groups is 1. The van der Waals surface area contributed by atoms with Gasteiger partial charge in [0, 0.05) is 37.1 Å². The quantitative estimate of drug-likeness (QED) is 0.433. The van der Waals surface area contributed by atoms with Crippen LogP contribution in [-0.4, -0.2) is 58.7 Å². The summed E-state index contributed by atoms with van der Waals surface area (Å²) in [6.07, 6.45) is 3.20. The number of rotatable bonds is 4. The molecule has 0 unspecified atom stereocenters. The van der Waals surface area contributed by atoms with Gasteiger partial charge in [-0.2, -0.15) is 5.26 Å². The molecule has 0 spiro atoms. The summed E-state index contributed by atoms with van der Waals surface area (Å²) in [5.41, 5.74) is 4.09. The molecule has 0 aliphatic carbocycles. The highest BCUT2D eigenvalue weighted by molar-refractivity contribution is 8.18. The molecule has 2 amide bonds. The lowest BCUT2D eigenvalue weighted by Gasteiger charge is -2.35. The van der Waals surface area contributed by atoms with E-state index in [-0.39, 0.29) is 5.24 Å². The van der Waals surface area contributed by atoms with Crippen molar-refractivity contribution in [3.8, 4) is 17.3 Å². The van der Waals surface area contributed by atoms with Crippen molar-refractivity contribution in [1.82, 2.24) is 20.2 Å². The molecule has 2 aromatic carbocycles. The van der Waals surface area contributed by atoms with E-state index >= 15 is 0 Å². The van der Waals surface area contributed by atoms with Crippen LogP contribution in [0.4, 0.5) is 10.5 Å². The van der Waals surface area contributed by atoms with Crippen LogP contribution >= 0.6 is 23.4 Å². The average molecular weight is 491 g/mol. The van der Waals surface area contributed by atoms with Gasteiger partial charge in [-0.3, -0.25) is 19.8 Å². The van der Waals surface area contributed by atoms with Crippen LogP contribution < -0.4 is 10.2 Å². The second kappa shape index (κ2) is 9.43. The van der Waals surface area contributed by atoms with E-state index in [2.05, 4.69) is 31.2 Å². The number of nitrogens with one attached hydrogen (secondary N) is 1. The first-order valence-electron chi connectivity index (χ1n) is 10.7. The number of piperazine rings is 1. The van der Waals surface area contributed by atoms with Gasteiger partial charge in [0.2, 0.25) is 0 Å². The van der Waals surface area contributed by atoms with Gasteiger partial charge >= 0.3 is 0 Å². The highest BCUT2D eigenvalue weighted by Crippen LogP contribution is 2.34. The van der Waals surface area contributed by atoms with Gasteiger partial charge in [-0.1, -0.05) is 23.7 Å². The number of hydrogen-bond donors (Lipinski definition) is 1. The third kappa shape index (κ3) is 4.48. The molecule has 8 nitrogen and oxygen atoms in total. The van der Waals surface area contributed by atoms with Crippen LogP contribution in [0, 0.1) is 11.3 Å². The minimum Gasteiger partial charge on any atom is -0.368 e. The number of thioether (sulfide) groups is 1. The summed E-state index contributed by atoms with van der Waals surface area (Å²) in [5.74, 6) is -0.393. The Morgan fingerprint density at radius 1 is 1.12 bits per heavy atom. The summed E-state index contributed by atoms with van der Waals surface area (Å²) in [4.78, 5) is 37.0. The molecule has 0 saturated carbocycles. The van der Waals surface area contributed by atoms with Crippen LogP contribution in [0.15, 0.2) is 47.6 Å². The van der Waals surface area contributed by atoms with Crippen molar-refractivity contribution in [3.63, 3.8) is 0 Å². The number of benzene rings is 2. The Balaban J connectivity index is 1.45. The maximum atomic E-state index is 11.9. The second-order valence-electron chi connectivity index (χ2n) is 7.94. The molecule has 2 aliphatic heterocycles. The molecule has 170 valence electrons. The van der Waals surface area contributed by atoms with Gasteiger partial charge < -0.3 is 4.90 Å². The lowest BCUT2D eigenvalue weighted by molar-refractivity contribution is -0.115. The fraction of sp³-hybridized carbons (Fsp3) is 0.208. The largest absolute Gasteiger partial charge is 0.368 e. The van der Waals surface area contributed by atoms with E-state index in [4.69, 9.17) is 16.9 Å².